The normalized spacial score (nSPS) is 10.2. The maximum Gasteiger partial charge on any atom is 0.270 e. The SMILES string of the molecule is Cc1cc([N+](=O)[O-])cc(CCBr)c1Br. The van der Waals surface area contributed by atoms with E-state index in [0.29, 0.717) is 0 Å². The molecule has 0 aliphatic heterocycles. The Morgan fingerprint density at radius 3 is 2.64 bits per heavy atom. The largest absolute Gasteiger partial charge is 0.270 e. The first-order valence-corrected chi connectivity index (χ1v) is 5.97. The van der Waals surface area contributed by atoms with Gasteiger partial charge in [-0.1, -0.05) is 31.9 Å². The van der Waals surface area contributed by atoms with Gasteiger partial charge in [0.15, 0.2) is 0 Å². The lowest BCUT2D eigenvalue weighted by atomic mass is 10.1. The summed E-state index contributed by atoms with van der Waals surface area (Å²) in [6.07, 6.45) is 0.781. The van der Waals surface area contributed by atoms with E-state index in [1.54, 1.807) is 12.1 Å². The summed E-state index contributed by atoms with van der Waals surface area (Å²) < 4.78 is 0.961. The highest BCUT2D eigenvalue weighted by atomic mass is 79.9. The molecule has 0 aliphatic carbocycles. The molecule has 0 saturated heterocycles. The lowest BCUT2D eigenvalue weighted by Crippen LogP contribution is -1.95. The molecule has 76 valence electrons. The zero-order valence-corrected chi connectivity index (χ0v) is 10.8. The number of benzene rings is 1. The maximum atomic E-state index is 10.6. The number of nitro groups is 1. The summed E-state index contributed by atoms with van der Waals surface area (Å²) in [4.78, 5) is 10.2. The number of nitro benzene ring substituents is 1. The summed E-state index contributed by atoms with van der Waals surface area (Å²) in [6, 6.07) is 3.18. The van der Waals surface area contributed by atoms with Gasteiger partial charge in [0.2, 0.25) is 0 Å². The second kappa shape index (κ2) is 4.89. The Hall–Kier alpha value is -0.420. The number of hydrogen-bond donors (Lipinski definition) is 0. The molecular weight excluding hydrogens is 314 g/mol. The molecule has 0 N–H and O–H groups in total. The summed E-state index contributed by atoms with van der Waals surface area (Å²) in [7, 11) is 0. The van der Waals surface area contributed by atoms with Gasteiger partial charge in [-0.05, 0) is 24.5 Å². The summed E-state index contributed by atoms with van der Waals surface area (Å²) in [5.74, 6) is 0. The van der Waals surface area contributed by atoms with Crippen LogP contribution in [0.25, 0.3) is 0 Å². The highest BCUT2D eigenvalue weighted by molar-refractivity contribution is 9.10. The Labute approximate surface area is 98.9 Å². The minimum absolute atomic E-state index is 0.154. The van der Waals surface area contributed by atoms with Crippen molar-refractivity contribution in [2.45, 2.75) is 13.3 Å². The van der Waals surface area contributed by atoms with Crippen molar-refractivity contribution in [2.24, 2.45) is 0 Å². The Balaban J connectivity index is 3.20. The van der Waals surface area contributed by atoms with E-state index >= 15 is 0 Å². The quantitative estimate of drug-likeness (QED) is 0.485. The molecule has 0 unspecified atom stereocenters. The van der Waals surface area contributed by atoms with Crippen LogP contribution in [0.5, 0.6) is 0 Å². The minimum Gasteiger partial charge on any atom is -0.258 e. The van der Waals surface area contributed by atoms with Crippen LogP contribution in [-0.2, 0) is 6.42 Å². The highest BCUT2D eigenvalue weighted by Crippen LogP contribution is 2.27. The molecule has 0 aliphatic rings. The van der Waals surface area contributed by atoms with Crippen LogP contribution in [0.3, 0.4) is 0 Å². The second-order valence-corrected chi connectivity index (χ2v) is 4.52. The lowest BCUT2D eigenvalue weighted by Gasteiger charge is -2.05. The number of nitrogens with zero attached hydrogens (tertiary/aromatic N) is 1. The van der Waals surface area contributed by atoms with Gasteiger partial charge in [-0.15, -0.1) is 0 Å². The standard InChI is InChI=1S/C9H9Br2NO2/c1-6-4-8(12(13)14)5-7(2-3-10)9(6)11/h4-5H,2-3H2,1H3. The third kappa shape index (κ3) is 2.54. The fraction of sp³-hybridized carbons (Fsp3) is 0.333. The third-order valence-corrected chi connectivity index (χ3v) is 3.42. The van der Waals surface area contributed by atoms with Crippen LogP contribution in [0.15, 0.2) is 16.6 Å². The van der Waals surface area contributed by atoms with Gasteiger partial charge in [0, 0.05) is 21.9 Å². The van der Waals surface area contributed by atoms with E-state index in [1.807, 2.05) is 6.92 Å². The number of alkyl halides is 1. The first-order valence-electron chi connectivity index (χ1n) is 4.05. The number of hydrogen-bond acceptors (Lipinski definition) is 2. The van der Waals surface area contributed by atoms with Crippen molar-refractivity contribution in [1.29, 1.82) is 0 Å². The molecule has 0 saturated carbocycles. The zero-order valence-electron chi connectivity index (χ0n) is 7.59. The molecule has 1 aromatic carbocycles. The number of halogens is 2. The molecular formula is C9H9Br2NO2. The van der Waals surface area contributed by atoms with Crippen molar-refractivity contribution in [3.05, 3.63) is 37.8 Å². The van der Waals surface area contributed by atoms with E-state index in [-0.39, 0.29) is 10.6 Å². The maximum absolute atomic E-state index is 10.6. The molecule has 0 heterocycles. The molecule has 3 nitrogen and oxygen atoms in total. The second-order valence-electron chi connectivity index (χ2n) is 2.93. The van der Waals surface area contributed by atoms with E-state index in [1.165, 1.54) is 0 Å². The van der Waals surface area contributed by atoms with E-state index in [9.17, 15) is 10.1 Å². The Bertz CT molecular complexity index is 366. The number of aryl methyl sites for hydroxylation is 2. The van der Waals surface area contributed by atoms with E-state index < -0.39 is 0 Å². The van der Waals surface area contributed by atoms with Crippen molar-refractivity contribution >= 4 is 37.5 Å². The van der Waals surface area contributed by atoms with Gasteiger partial charge in [-0.25, -0.2) is 0 Å². The van der Waals surface area contributed by atoms with Gasteiger partial charge in [0.1, 0.15) is 0 Å². The molecule has 0 aromatic heterocycles. The van der Waals surface area contributed by atoms with Crippen LogP contribution >= 0.6 is 31.9 Å². The Kier molecular flexibility index (Phi) is 4.07. The number of non-ortho nitro benzene ring substituents is 1. The molecule has 0 bridgehead atoms. The van der Waals surface area contributed by atoms with Crippen LogP contribution < -0.4 is 0 Å². The fourth-order valence-corrected chi connectivity index (χ4v) is 2.07. The van der Waals surface area contributed by atoms with Gasteiger partial charge < -0.3 is 0 Å². The fourth-order valence-electron chi connectivity index (χ4n) is 1.21. The summed E-state index contributed by atoms with van der Waals surface area (Å²) >= 11 is 6.74. The van der Waals surface area contributed by atoms with Crippen molar-refractivity contribution < 1.29 is 4.92 Å². The average molecular weight is 323 g/mol. The monoisotopic (exact) mass is 321 g/mol. The molecule has 0 fully saturated rings. The molecule has 0 radical (unpaired) electrons. The molecule has 0 spiro atoms. The van der Waals surface area contributed by atoms with Crippen LogP contribution in [0, 0.1) is 17.0 Å². The van der Waals surface area contributed by atoms with Gasteiger partial charge >= 0.3 is 0 Å². The summed E-state index contributed by atoms with van der Waals surface area (Å²) in [5, 5.41) is 11.4. The molecule has 1 aromatic rings. The van der Waals surface area contributed by atoms with Crippen LogP contribution in [-0.4, -0.2) is 10.3 Å². The summed E-state index contributed by atoms with van der Waals surface area (Å²) in [5.41, 5.74) is 2.02. The third-order valence-electron chi connectivity index (χ3n) is 1.89. The van der Waals surface area contributed by atoms with Crippen LogP contribution in [0.2, 0.25) is 0 Å². The zero-order chi connectivity index (χ0) is 10.7. The summed E-state index contributed by atoms with van der Waals surface area (Å²) in [6.45, 7) is 1.86. The van der Waals surface area contributed by atoms with Crippen LogP contribution in [0.4, 0.5) is 5.69 Å². The molecule has 0 amide bonds. The predicted molar refractivity (Wildman–Crippen MR) is 63.0 cm³/mol. The van der Waals surface area contributed by atoms with E-state index in [2.05, 4.69) is 31.9 Å². The molecule has 0 atom stereocenters. The minimum atomic E-state index is -0.364. The lowest BCUT2D eigenvalue weighted by molar-refractivity contribution is -0.385. The van der Waals surface area contributed by atoms with Crippen molar-refractivity contribution in [3.63, 3.8) is 0 Å². The van der Waals surface area contributed by atoms with Crippen molar-refractivity contribution in [3.8, 4) is 0 Å². The van der Waals surface area contributed by atoms with E-state index in [4.69, 9.17) is 0 Å². The Morgan fingerprint density at radius 1 is 1.50 bits per heavy atom. The van der Waals surface area contributed by atoms with E-state index in [0.717, 1.165) is 27.4 Å². The van der Waals surface area contributed by atoms with Gasteiger partial charge in [0.05, 0.1) is 4.92 Å². The molecule has 1 rings (SSSR count). The average Bonchev–Trinajstić information content (AvgIpc) is 2.12. The van der Waals surface area contributed by atoms with Crippen LogP contribution in [0.1, 0.15) is 11.1 Å². The molecule has 5 heteroatoms. The van der Waals surface area contributed by atoms with Gasteiger partial charge in [-0.2, -0.15) is 0 Å². The molecule has 14 heavy (non-hydrogen) atoms. The Morgan fingerprint density at radius 2 is 2.14 bits per heavy atom. The number of rotatable bonds is 3. The van der Waals surface area contributed by atoms with Gasteiger partial charge in [0.25, 0.3) is 5.69 Å². The highest BCUT2D eigenvalue weighted by Gasteiger charge is 2.11. The predicted octanol–water partition coefficient (Wildman–Crippen LogP) is 3.60. The van der Waals surface area contributed by atoms with Crippen molar-refractivity contribution in [2.75, 3.05) is 5.33 Å². The van der Waals surface area contributed by atoms with Gasteiger partial charge in [-0.3, -0.25) is 10.1 Å². The first kappa shape index (κ1) is 11.7. The van der Waals surface area contributed by atoms with Crippen molar-refractivity contribution in [1.82, 2.24) is 0 Å². The first-order chi connectivity index (χ1) is 6.56. The topological polar surface area (TPSA) is 43.1 Å². The smallest absolute Gasteiger partial charge is 0.258 e.